The summed E-state index contributed by atoms with van der Waals surface area (Å²) < 4.78 is 17.8. The van der Waals surface area contributed by atoms with Gasteiger partial charge >= 0.3 is 5.97 Å². The van der Waals surface area contributed by atoms with Gasteiger partial charge < -0.3 is 9.84 Å². The molecule has 0 aliphatic rings. The lowest BCUT2D eigenvalue weighted by Gasteiger charge is -2.10. The van der Waals surface area contributed by atoms with Crippen LogP contribution in [0, 0.1) is 5.82 Å². The van der Waals surface area contributed by atoms with E-state index in [1.165, 1.54) is 19.1 Å². The van der Waals surface area contributed by atoms with E-state index in [0.717, 1.165) is 6.07 Å². The van der Waals surface area contributed by atoms with Gasteiger partial charge in [-0.3, -0.25) is 0 Å². The lowest BCUT2D eigenvalue weighted by atomic mass is 10.3. The van der Waals surface area contributed by atoms with Crippen LogP contribution < -0.4 is 4.74 Å². The third-order valence-electron chi connectivity index (χ3n) is 1.54. The number of ether oxygens (including phenoxy) is 1. The van der Waals surface area contributed by atoms with E-state index in [0.29, 0.717) is 5.02 Å². The minimum Gasteiger partial charge on any atom is -0.479 e. The second-order valence-corrected chi connectivity index (χ2v) is 3.11. The first-order chi connectivity index (χ1) is 6.50. The van der Waals surface area contributed by atoms with Crippen molar-refractivity contribution < 1.29 is 19.0 Å². The Balaban J connectivity index is 2.85. The van der Waals surface area contributed by atoms with E-state index in [1.54, 1.807) is 0 Å². The Hall–Kier alpha value is -1.29. The first-order valence-electron chi connectivity index (χ1n) is 3.85. The monoisotopic (exact) mass is 218 g/mol. The minimum absolute atomic E-state index is 0.160. The van der Waals surface area contributed by atoms with Gasteiger partial charge in [0.2, 0.25) is 0 Å². The number of rotatable bonds is 3. The molecule has 0 saturated carbocycles. The Labute approximate surface area is 85.1 Å². The second-order valence-electron chi connectivity index (χ2n) is 2.67. The van der Waals surface area contributed by atoms with E-state index in [1.807, 2.05) is 0 Å². The number of hydrogen-bond donors (Lipinski definition) is 1. The summed E-state index contributed by atoms with van der Waals surface area (Å²) in [5.41, 5.74) is 0. The number of benzene rings is 1. The Morgan fingerprint density at radius 2 is 2.29 bits per heavy atom. The average Bonchev–Trinajstić information content (AvgIpc) is 2.11. The topological polar surface area (TPSA) is 46.5 Å². The fourth-order valence-electron chi connectivity index (χ4n) is 0.808. The number of carboxylic acids is 1. The maximum atomic E-state index is 13.0. The van der Waals surface area contributed by atoms with Crippen molar-refractivity contribution in [3.05, 3.63) is 29.0 Å². The standard InChI is InChI=1S/C9H8ClFO3/c1-5(9(12)13)14-8-4-6(10)2-3-7(8)11/h2-5H,1H3,(H,12,13). The molecule has 0 radical (unpaired) electrons. The Kier molecular flexibility index (Phi) is 3.30. The lowest BCUT2D eigenvalue weighted by Crippen LogP contribution is -2.23. The zero-order valence-electron chi connectivity index (χ0n) is 7.33. The SMILES string of the molecule is CC(Oc1cc(Cl)ccc1F)C(=O)O. The van der Waals surface area contributed by atoms with Crippen LogP contribution in [0.15, 0.2) is 18.2 Å². The molecular formula is C9H8ClFO3. The molecule has 76 valence electrons. The second kappa shape index (κ2) is 4.28. The molecule has 1 aromatic carbocycles. The van der Waals surface area contributed by atoms with Gasteiger partial charge in [-0.2, -0.15) is 0 Å². The Morgan fingerprint density at radius 1 is 1.64 bits per heavy atom. The van der Waals surface area contributed by atoms with Crippen LogP contribution in [-0.4, -0.2) is 17.2 Å². The molecule has 14 heavy (non-hydrogen) atoms. The number of carboxylic acid groups (broad SMARTS) is 1. The van der Waals surface area contributed by atoms with Crippen molar-refractivity contribution in [2.75, 3.05) is 0 Å². The van der Waals surface area contributed by atoms with Crippen LogP contribution in [-0.2, 0) is 4.79 Å². The van der Waals surface area contributed by atoms with Gasteiger partial charge in [-0.15, -0.1) is 0 Å². The third-order valence-corrected chi connectivity index (χ3v) is 1.78. The molecule has 0 bridgehead atoms. The normalized spacial score (nSPS) is 12.2. The van der Waals surface area contributed by atoms with Gasteiger partial charge in [0.15, 0.2) is 17.7 Å². The molecule has 5 heteroatoms. The molecule has 0 aromatic heterocycles. The van der Waals surface area contributed by atoms with Crippen molar-refractivity contribution in [3.8, 4) is 5.75 Å². The largest absolute Gasteiger partial charge is 0.479 e. The summed E-state index contributed by atoms with van der Waals surface area (Å²) in [6.45, 7) is 1.31. The number of carbonyl (C=O) groups is 1. The summed E-state index contributed by atoms with van der Waals surface area (Å²) in [7, 11) is 0. The molecule has 0 aliphatic carbocycles. The highest BCUT2D eigenvalue weighted by atomic mass is 35.5. The summed E-state index contributed by atoms with van der Waals surface area (Å²) in [4.78, 5) is 10.4. The van der Waals surface area contributed by atoms with Crippen LogP contribution in [0.1, 0.15) is 6.92 Å². The van der Waals surface area contributed by atoms with Crippen LogP contribution in [0.5, 0.6) is 5.75 Å². The van der Waals surface area contributed by atoms with Crippen molar-refractivity contribution in [3.63, 3.8) is 0 Å². The highest BCUT2D eigenvalue weighted by Crippen LogP contribution is 2.22. The van der Waals surface area contributed by atoms with Crippen molar-refractivity contribution in [1.29, 1.82) is 0 Å². The van der Waals surface area contributed by atoms with Crippen LogP contribution in [0.25, 0.3) is 0 Å². The highest BCUT2D eigenvalue weighted by molar-refractivity contribution is 6.30. The van der Waals surface area contributed by atoms with Crippen LogP contribution in [0.4, 0.5) is 4.39 Å². The minimum atomic E-state index is -1.16. The van der Waals surface area contributed by atoms with Gasteiger partial charge in [0.05, 0.1) is 0 Å². The molecule has 0 fully saturated rings. The van der Waals surface area contributed by atoms with Gasteiger partial charge in [0.1, 0.15) is 0 Å². The number of halogens is 2. The van der Waals surface area contributed by atoms with Crippen LogP contribution in [0.2, 0.25) is 5.02 Å². The fraction of sp³-hybridized carbons (Fsp3) is 0.222. The van der Waals surface area contributed by atoms with Gasteiger partial charge in [0.25, 0.3) is 0 Å². The van der Waals surface area contributed by atoms with E-state index >= 15 is 0 Å². The fourth-order valence-corrected chi connectivity index (χ4v) is 0.970. The molecule has 0 spiro atoms. The first-order valence-corrected chi connectivity index (χ1v) is 4.23. The molecule has 1 N–H and O–H groups in total. The van der Waals surface area contributed by atoms with E-state index in [2.05, 4.69) is 0 Å². The molecule has 1 rings (SSSR count). The summed E-state index contributed by atoms with van der Waals surface area (Å²) in [5, 5.41) is 8.81. The molecule has 0 amide bonds. The van der Waals surface area contributed by atoms with Crippen LogP contribution in [0.3, 0.4) is 0 Å². The molecule has 1 unspecified atom stereocenters. The molecular weight excluding hydrogens is 211 g/mol. The zero-order valence-corrected chi connectivity index (χ0v) is 8.08. The maximum absolute atomic E-state index is 13.0. The van der Waals surface area contributed by atoms with E-state index in [-0.39, 0.29) is 5.75 Å². The number of hydrogen-bond acceptors (Lipinski definition) is 2. The molecule has 1 aromatic rings. The van der Waals surface area contributed by atoms with Crippen molar-refractivity contribution >= 4 is 17.6 Å². The lowest BCUT2D eigenvalue weighted by molar-refractivity contribution is -0.144. The first kappa shape index (κ1) is 10.8. The van der Waals surface area contributed by atoms with Gasteiger partial charge in [-0.1, -0.05) is 11.6 Å². The average molecular weight is 219 g/mol. The number of aliphatic carboxylic acids is 1. The van der Waals surface area contributed by atoms with E-state index in [9.17, 15) is 9.18 Å². The Morgan fingerprint density at radius 3 is 2.86 bits per heavy atom. The molecule has 3 nitrogen and oxygen atoms in total. The summed E-state index contributed by atoms with van der Waals surface area (Å²) >= 11 is 5.59. The molecule has 0 saturated heterocycles. The van der Waals surface area contributed by atoms with E-state index < -0.39 is 17.9 Å². The van der Waals surface area contributed by atoms with Crippen LogP contribution >= 0.6 is 11.6 Å². The van der Waals surface area contributed by atoms with Gasteiger partial charge in [-0.25, -0.2) is 9.18 Å². The predicted octanol–water partition coefficient (Wildman–Crippen LogP) is 2.33. The molecule has 0 heterocycles. The smallest absolute Gasteiger partial charge is 0.344 e. The predicted molar refractivity (Wildman–Crippen MR) is 49.1 cm³/mol. The highest BCUT2D eigenvalue weighted by Gasteiger charge is 2.14. The van der Waals surface area contributed by atoms with Crippen molar-refractivity contribution in [2.45, 2.75) is 13.0 Å². The maximum Gasteiger partial charge on any atom is 0.344 e. The van der Waals surface area contributed by atoms with Gasteiger partial charge in [-0.05, 0) is 19.1 Å². The molecule has 1 atom stereocenters. The Bertz CT molecular complexity index is 354. The molecule has 0 aliphatic heterocycles. The summed E-state index contributed by atoms with van der Waals surface area (Å²) in [6, 6.07) is 3.71. The third kappa shape index (κ3) is 2.60. The summed E-state index contributed by atoms with van der Waals surface area (Å²) in [5.74, 6) is -1.96. The summed E-state index contributed by atoms with van der Waals surface area (Å²) in [6.07, 6.45) is -1.11. The van der Waals surface area contributed by atoms with E-state index in [4.69, 9.17) is 21.4 Å². The zero-order chi connectivity index (χ0) is 10.7. The van der Waals surface area contributed by atoms with Gasteiger partial charge in [0, 0.05) is 11.1 Å². The van der Waals surface area contributed by atoms with Crippen molar-refractivity contribution in [1.82, 2.24) is 0 Å². The quantitative estimate of drug-likeness (QED) is 0.847. The van der Waals surface area contributed by atoms with Crippen molar-refractivity contribution in [2.24, 2.45) is 0 Å².